The van der Waals surface area contributed by atoms with Gasteiger partial charge in [0.2, 0.25) is 11.8 Å². The van der Waals surface area contributed by atoms with Crippen molar-refractivity contribution < 1.29 is 9.59 Å². The average molecular weight is 356 g/mol. The third-order valence-electron chi connectivity index (χ3n) is 3.99. The Bertz CT molecular complexity index is 701. The molecule has 0 heterocycles. The van der Waals surface area contributed by atoms with Crippen LogP contribution in [0.15, 0.2) is 59.5 Å². The van der Waals surface area contributed by atoms with Crippen molar-refractivity contribution in [3.05, 3.63) is 65.7 Å². The minimum absolute atomic E-state index is 0.0504. The molecule has 1 atom stereocenters. The highest BCUT2D eigenvalue weighted by Crippen LogP contribution is 2.19. The molecule has 132 valence electrons. The Morgan fingerprint density at radius 3 is 2.32 bits per heavy atom. The highest BCUT2D eigenvalue weighted by atomic mass is 32.2. The van der Waals surface area contributed by atoms with Gasteiger partial charge in [-0.05, 0) is 31.5 Å². The lowest BCUT2D eigenvalue weighted by Gasteiger charge is -2.28. The molecule has 4 nitrogen and oxygen atoms in total. The minimum Gasteiger partial charge on any atom is -0.357 e. The quantitative estimate of drug-likeness (QED) is 0.775. The number of nitrogens with one attached hydrogen (secondary N) is 1. The molecule has 0 spiro atoms. The predicted molar refractivity (Wildman–Crippen MR) is 102 cm³/mol. The van der Waals surface area contributed by atoms with Crippen molar-refractivity contribution in [3.63, 3.8) is 0 Å². The maximum Gasteiger partial charge on any atom is 0.242 e. The highest BCUT2D eigenvalue weighted by molar-refractivity contribution is 8.00. The summed E-state index contributed by atoms with van der Waals surface area (Å²) < 4.78 is 0. The van der Waals surface area contributed by atoms with Crippen molar-refractivity contribution in [2.24, 2.45) is 0 Å². The summed E-state index contributed by atoms with van der Waals surface area (Å²) in [4.78, 5) is 27.5. The van der Waals surface area contributed by atoms with Crippen molar-refractivity contribution in [1.29, 1.82) is 0 Å². The van der Waals surface area contributed by atoms with Crippen LogP contribution in [0, 0.1) is 6.92 Å². The van der Waals surface area contributed by atoms with Crippen LogP contribution in [0.2, 0.25) is 0 Å². The molecule has 2 rings (SSSR count). The second kappa shape index (κ2) is 9.28. The van der Waals surface area contributed by atoms with Gasteiger partial charge < -0.3 is 10.2 Å². The first kappa shape index (κ1) is 19.1. The summed E-state index contributed by atoms with van der Waals surface area (Å²) in [5.41, 5.74) is 2.18. The van der Waals surface area contributed by atoms with Crippen molar-refractivity contribution in [2.45, 2.75) is 31.3 Å². The van der Waals surface area contributed by atoms with Crippen LogP contribution in [0.25, 0.3) is 0 Å². The summed E-state index contributed by atoms with van der Waals surface area (Å²) in [6, 6.07) is 17.3. The molecule has 0 aliphatic carbocycles. The van der Waals surface area contributed by atoms with E-state index in [1.54, 1.807) is 18.9 Å². The number of benzene rings is 2. The van der Waals surface area contributed by atoms with Gasteiger partial charge >= 0.3 is 0 Å². The molecule has 0 unspecified atom stereocenters. The first-order chi connectivity index (χ1) is 12.0. The first-order valence-corrected chi connectivity index (χ1v) is 9.24. The number of thioether (sulfide) groups is 1. The van der Waals surface area contributed by atoms with Crippen LogP contribution in [0.1, 0.15) is 18.1 Å². The zero-order chi connectivity index (χ0) is 18.2. The SMILES string of the molecule is CNC(=O)[C@@H](C)N(Cc1ccc(C)cc1)C(=O)CSc1ccccc1. The second-order valence-corrected chi connectivity index (χ2v) is 6.95. The van der Waals surface area contributed by atoms with Crippen molar-refractivity contribution in [2.75, 3.05) is 12.8 Å². The molecular formula is C20H24N2O2S. The van der Waals surface area contributed by atoms with Gasteiger partial charge in [-0.25, -0.2) is 0 Å². The van der Waals surface area contributed by atoms with Gasteiger partial charge in [0.1, 0.15) is 6.04 Å². The van der Waals surface area contributed by atoms with Gasteiger partial charge in [-0.1, -0.05) is 48.0 Å². The van der Waals surface area contributed by atoms with E-state index in [1.807, 2.05) is 61.5 Å². The Hall–Kier alpha value is -2.27. The molecule has 2 aromatic carbocycles. The third-order valence-corrected chi connectivity index (χ3v) is 4.99. The van der Waals surface area contributed by atoms with E-state index in [-0.39, 0.29) is 11.8 Å². The third kappa shape index (κ3) is 5.64. The standard InChI is InChI=1S/C20H24N2O2S/c1-15-9-11-17(12-10-15)13-22(16(2)20(24)21-3)19(23)14-25-18-7-5-4-6-8-18/h4-12,16H,13-14H2,1-3H3,(H,21,24)/t16-/m1/s1. The fraction of sp³-hybridized carbons (Fsp3) is 0.300. The maximum atomic E-state index is 12.8. The summed E-state index contributed by atoms with van der Waals surface area (Å²) in [5.74, 6) is 0.0905. The second-order valence-electron chi connectivity index (χ2n) is 5.90. The number of rotatable bonds is 7. The highest BCUT2D eigenvalue weighted by Gasteiger charge is 2.25. The number of aryl methyl sites for hydroxylation is 1. The Balaban J connectivity index is 2.10. The van der Waals surface area contributed by atoms with Crippen molar-refractivity contribution >= 4 is 23.6 Å². The fourth-order valence-corrected chi connectivity index (χ4v) is 3.23. The van der Waals surface area contributed by atoms with Gasteiger partial charge in [-0.2, -0.15) is 0 Å². The van der Waals surface area contributed by atoms with E-state index in [0.29, 0.717) is 12.3 Å². The van der Waals surface area contributed by atoms with Gasteiger partial charge in [-0.3, -0.25) is 9.59 Å². The molecule has 0 aliphatic heterocycles. The van der Waals surface area contributed by atoms with Crippen LogP contribution in [0.3, 0.4) is 0 Å². The molecular weight excluding hydrogens is 332 g/mol. The molecule has 0 aliphatic rings. The van der Waals surface area contributed by atoms with Gasteiger partial charge in [0.15, 0.2) is 0 Å². The first-order valence-electron chi connectivity index (χ1n) is 8.25. The predicted octanol–water partition coefficient (Wildman–Crippen LogP) is 3.25. The van der Waals surface area contributed by atoms with E-state index in [0.717, 1.165) is 10.5 Å². The Morgan fingerprint density at radius 1 is 1.08 bits per heavy atom. The Kier molecular flexibility index (Phi) is 7.07. The average Bonchev–Trinajstić information content (AvgIpc) is 2.65. The number of hydrogen-bond donors (Lipinski definition) is 1. The zero-order valence-corrected chi connectivity index (χ0v) is 15.7. The number of likely N-dealkylation sites (N-methyl/N-ethyl adjacent to an activating group) is 1. The van der Waals surface area contributed by atoms with E-state index >= 15 is 0 Å². The molecule has 0 aromatic heterocycles. The number of carbonyl (C=O) groups is 2. The summed E-state index contributed by atoms with van der Waals surface area (Å²) >= 11 is 1.48. The van der Waals surface area contributed by atoms with Crippen molar-refractivity contribution in [1.82, 2.24) is 10.2 Å². The summed E-state index contributed by atoms with van der Waals surface area (Å²) in [7, 11) is 1.59. The van der Waals surface area contributed by atoms with Crippen LogP contribution >= 0.6 is 11.8 Å². The van der Waals surface area contributed by atoms with Crippen molar-refractivity contribution in [3.8, 4) is 0 Å². The monoisotopic (exact) mass is 356 g/mol. The molecule has 0 bridgehead atoms. The van der Waals surface area contributed by atoms with Crippen LogP contribution < -0.4 is 5.32 Å². The fourth-order valence-electron chi connectivity index (χ4n) is 2.43. The van der Waals surface area contributed by atoms with Gasteiger partial charge in [0, 0.05) is 18.5 Å². The number of hydrogen-bond acceptors (Lipinski definition) is 3. The number of nitrogens with zero attached hydrogens (tertiary/aromatic N) is 1. The van der Waals surface area contributed by atoms with Crippen LogP contribution in [-0.2, 0) is 16.1 Å². The Labute approximate surface area is 153 Å². The maximum absolute atomic E-state index is 12.8. The van der Waals surface area contributed by atoms with Crippen LogP contribution in [-0.4, -0.2) is 35.6 Å². The normalized spacial score (nSPS) is 11.6. The molecule has 2 amide bonds. The van der Waals surface area contributed by atoms with Gasteiger partial charge in [-0.15, -0.1) is 11.8 Å². The molecule has 0 saturated carbocycles. The minimum atomic E-state index is -0.518. The zero-order valence-electron chi connectivity index (χ0n) is 14.9. The molecule has 0 saturated heterocycles. The molecule has 25 heavy (non-hydrogen) atoms. The molecule has 2 aromatic rings. The Morgan fingerprint density at radius 2 is 1.72 bits per heavy atom. The summed E-state index contributed by atoms with van der Waals surface area (Å²) in [5, 5.41) is 2.63. The smallest absolute Gasteiger partial charge is 0.242 e. The lowest BCUT2D eigenvalue weighted by Crippen LogP contribution is -2.47. The number of amides is 2. The molecule has 5 heteroatoms. The summed E-state index contributed by atoms with van der Waals surface area (Å²) in [6.07, 6.45) is 0. The molecule has 1 N–H and O–H groups in total. The van der Waals surface area contributed by atoms with E-state index in [2.05, 4.69) is 5.32 Å². The van der Waals surface area contributed by atoms with E-state index in [9.17, 15) is 9.59 Å². The lowest BCUT2D eigenvalue weighted by molar-refractivity contribution is -0.138. The van der Waals surface area contributed by atoms with Gasteiger partial charge in [0.25, 0.3) is 0 Å². The summed E-state index contributed by atoms with van der Waals surface area (Å²) in [6.45, 7) is 4.21. The largest absolute Gasteiger partial charge is 0.357 e. The topological polar surface area (TPSA) is 49.4 Å². The lowest BCUT2D eigenvalue weighted by atomic mass is 10.1. The number of carbonyl (C=O) groups excluding carboxylic acids is 2. The van der Waals surface area contributed by atoms with E-state index in [4.69, 9.17) is 0 Å². The molecule has 0 fully saturated rings. The van der Waals surface area contributed by atoms with E-state index < -0.39 is 6.04 Å². The van der Waals surface area contributed by atoms with Crippen LogP contribution in [0.4, 0.5) is 0 Å². The van der Waals surface area contributed by atoms with E-state index in [1.165, 1.54) is 17.3 Å². The molecule has 0 radical (unpaired) electrons. The van der Waals surface area contributed by atoms with Gasteiger partial charge in [0.05, 0.1) is 5.75 Å². The van der Waals surface area contributed by atoms with Crippen LogP contribution in [0.5, 0.6) is 0 Å².